The lowest BCUT2D eigenvalue weighted by Crippen LogP contribution is -2.34. The highest BCUT2D eigenvalue weighted by molar-refractivity contribution is 9.10. The quantitative estimate of drug-likeness (QED) is 0.776. The van der Waals surface area contributed by atoms with Gasteiger partial charge in [0, 0.05) is 23.3 Å². The number of nitrogens with zero attached hydrogens (tertiary/aromatic N) is 1. The molecule has 2 amide bonds. The van der Waals surface area contributed by atoms with Gasteiger partial charge in [-0.25, -0.2) is 0 Å². The molecule has 1 fully saturated rings. The lowest BCUT2D eigenvalue weighted by atomic mass is 9.87. The zero-order valence-corrected chi connectivity index (χ0v) is 16.1. The fourth-order valence-electron chi connectivity index (χ4n) is 2.81. The predicted molar refractivity (Wildman–Crippen MR) is 101 cm³/mol. The minimum Gasteiger partial charge on any atom is -0.333 e. The van der Waals surface area contributed by atoms with Crippen LogP contribution < -0.4 is 5.32 Å². The molecule has 0 atom stereocenters. The van der Waals surface area contributed by atoms with E-state index in [4.69, 9.17) is 0 Å². The summed E-state index contributed by atoms with van der Waals surface area (Å²) in [4.78, 5) is 25.9. The van der Waals surface area contributed by atoms with Crippen molar-refractivity contribution in [3.05, 3.63) is 39.9 Å². The average Bonchev–Trinajstić information content (AvgIpc) is 2.52. The fraction of sp³-hybridized carbons (Fsp3) is 0.474. The molecule has 4 nitrogen and oxygen atoms in total. The van der Waals surface area contributed by atoms with Crippen LogP contribution in [0, 0.1) is 12.8 Å². The lowest BCUT2D eigenvalue weighted by Gasteiger charge is -2.21. The average molecular weight is 393 g/mol. The first kappa shape index (κ1) is 18.7. The molecule has 0 aromatic heterocycles. The summed E-state index contributed by atoms with van der Waals surface area (Å²) < 4.78 is 0.971. The Labute approximate surface area is 152 Å². The van der Waals surface area contributed by atoms with E-state index in [9.17, 15) is 9.59 Å². The van der Waals surface area contributed by atoms with Crippen LogP contribution in [0.15, 0.2) is 34.3 Å². The number of likely N-dealkylation sites (N-methyl/N-ethyl adjacent to an activating group) is 1. The minimum atomic E-state index is -0.188. The molecule has 1 aliphatic rings. The molecule has 0 saturated heterocycles. The Morgan fingerprint density at radius 3 is 2.62 bits per heavy atom. The van der Waals surface area contributed by atoms with Gasteiger partial charge in [-0.1, -0.05) is 28.4 Å². The second-order valence-electron chi connectivity index (χ2n) is 6.69. The third-order valence-corrected chi connectivity index (χ3v) is 4.96. The summed E-state index contributed by atoms with van der Waals surface area (Å²) in [5.74, 6) is 0.462. The molecule has 130 valence electrons. The number of halogens is 1. The van der Waals surface area contributed by atoms with E-state index in [-0.39, 0.29) is 18.4 Å². The van der Waals surface area contributed by atoms with Gasteiger partial charge in [-0.2, -0.15) is 0 Å². The monoisotopic (exact) mass is 392 g/mol. The molecule has 0 spiro atoms. The number of nitrogens with one attached hydrogen (secondary N) is 1. The van der Waals surface area contributed by atoms with Gasteiger partial charge in [-0.15, -0.1) is 0 Å². The first-order chi connectivity index (χ1) is 11.3. The van der Waals surface area contributed by atoms with E-state index >= 15 is 0 Å². The molecule has 1 aromatic carbocycles. The zero-order chi connectivity index (χ0) is 17.7. The van der Waals surface area contributed by atoms with Crippen LogP contribution in [0.2, 0.25) is 0 Å². The number of anilines is 1. The van der Waals surface area contributed by atoms with Crippen molar-refractivity contribution in [1.82, 2.24) is 4.90 Å². The number of amides is 2. The van der Waals surface area contributed by atoms with Crippen molar-refractivity contribution in [1.29, 1.82) is 0 Å². The number of rotatable bonds is 4. The summed E-state index contributed by atoms with van der Waals surface area (Å²) in [5, 5.41) is 2.86. The van der Waals surface area contributed by atoms with Crippen LogP contribution >= 0.6 is 15.9 Å². The number of hydrogen-bond donors (Lipinski definition) is 1. The van der Waals surface area contributed by atoms with E-state index in [1.807, 2.05) is 25.1 Å². The number of hydrogen-bond acceptors (Lipinski definition) is 2. The van der Waals surface area contributed by atoms with Crippen molar-refractivity contribution in [2.24, 2.45) is 5.92 Å². The largest absolute Gasteiger partial charge is 0.333 e. The molecule has 0 radical (unpaired) electrons. The second-order valence-corrected chi connectivity index (χ2v) is 7.60. The Morgan fingerprint density at radius 2 is 2.00 bits per heavy atom. The minimum absolute atomic E-state index is 0.0501. The summed E-state index contributed by atoms with van der Waals surface area (Å²) in [6, 6.07) is 5.68. The molecule has 0 unspecified atom stereocenters. The smallest absolute Gasteiger partial charge is 0.246 e. The molecule has 0 aliphatic heterocycles. The molecule has 1 saturated carbocycles. The van der Waals surface area contributed by atoms with E-state index in [0.29, 0.717) is 0 Å². The Balaban J connectivity index is 1.88. The molecule has 1 aromatic rings. The van der Waals surface area contributed by atoms with Gasteiger partial charge in [-0.3, -0.25) is 9.59 Å². The number of allylic oxidation sites excluding steroid dienone is 1. The van der Waals surface area contributed by atoms with Gasteiger partial charge in [0.05, 0.1) is 6.54 Å². The van der Waals surface area contributed by atoms with Crippen molar-refractivity contribution < 1.29 is 9.59 Å². The number of carbonyl (C=O) groups excluding carboxylic acids is 2. The van der Waals surface area contributed by atoms with Gasteiger partial charge in [0.25, 0.3) is 0 Å². The second kappa shape index (κ2) is 8.47. The van der Waals surface area contributed by atoms with Crippen LogP contribution in [0.5, 0.6) is 0 Å². The maximum absolute atomic E-state index is 12.3. The Hall–Kier alpha value is -1.62. The van der Waals surface area contributed by atoms with E-state index in [2.05, 4.69) is 28.2 Å². The summed E-state index contributed by atoms with van der Waals surface area (Å²) >= 11 is 3.40. The number of aryl methyl sites for hydroxylation is 1. The maximum atomic E-state index is 12.3. The number of benzene rings is 1. The van der Waals surface area contributed by atoms with Crippen LogP contribution in [0.4, 0.5) is 5.69 Å². The highest BCUT2D eigenvalue weighted by Crippen LogP contribution is 2.27. The Kier molecular flexibility index (Phi) is 6.60. The standard InChI is InChI=1S/C19H25BrN2O2/c1-13-4-6-15(7-5-13)11-19(24)22(3)12-18(23)21-17-9-8-16(20)10-14(17)2/h8-11,13H,4-7,12H2,1-3H3,(H,21,23). The molecule has 24 heavy (non-hydrogen) atoms. The summed E-state index contributed by atoms with van der Waals surface area (Å²) in [6.45, 7) is 4.23. The van der Waals surface area contributed by atoms with Crippen LogP contribution in [0.25, 0.3) is 0 Å². The summed E-state index contributed by atoms with van der Waals surface area (Å²) in [7, 11) is 1.67. The predicted octanol–water partition coefficient (Wildman–Crippen LogP) is 4.29. The third-order valence-electron chi connectivity index (χ3n) is 4.46. The molecular formula is C19H25BrN2O2. The molecule has 5 heteroatoms. The van der Waals surface area contributed by atoms with E-state index in [0.717, 1.165) is 47.3 Å². The molecular weight excluding hydrogens is 368 g/mol. The van der Waals surface area contributed by atoms with Crippen molar-refractivity contribution >= 4 is 33.4 Å². The van der Waals surface area contributed by atoms with Gasteiger partial charge in [-0.05, 0) is 62.3 Å². The molecule has 2 rings (SSSR count). The highest BCUT2D eigenvalue weighted by Gasteiger charge is 2.16. The zero-order valence-electron chi connectivity index (χ0n) is 14.6. The normalized spacial score (nSPS) is 17.3. The van der Waals surface area contributed by atoms with Crippen molar-refractivity contribution in [3.63, 3.8) is 0 Å². The van der Waals surface area contributed by atoms with Crippen molar-refractivity contribution in [2.45, 2.75) is 39.5 Å². The fourth-order valence-corrected chi connectivity index (χ4v) is 3.29. The van der Waals surface area contributed by atoms with Crippen LogP contribution in [0.3, 0.4) is 0 Å². The van der Waals surface area contributed by atoms with Crippen LogP contribution in [0.1, 0.15) is 38.2 Å². The van der Waals surface area contributed by atoms with Gasteiger partial charge < -0.3 is 10.2 Å². The SMILES string of the molecule is Cc1cc(Br)ccc1NC(=O)CN(C)C(=O)C=C1CCC(C)CC1. The summed E-state index contributed by atoms with van der Waals surface area (Å²) in [5.41, 5.74) is 2.95. The van der Waals surface area contributed by atoms with E-state index < -0.39 is 0 Å². The first-order valence-electron chi connectivity index (χ1n) is 8.35. The van der Waals surface area contributed by atoms with Gasteiger partial charge in [0.1, 0.15) is 0 Å². The first-order valence-corrected chi connectivity index (χ1v) is 9.15. The van der Waals surface area contributed by atoms with Crippen LogP contribution in [-0.2, 0) is 9.59 Å². The maximum Gasteiger partial charge on any atom is 0.246 e. The van der Waals surface area contributed by atoms with Crippen LogP contribution in [-0.4, -0.2) is 30.3 Å². The summed E-state index contributed by atoms with van der Waals surface area (Å²) in [6.07, 6.45) is 5.98. The Morgan fingerprint density at radius 1 is 1.33 bits per heavy atom. The molecule has 1 N–H and O–H groups in total. The molecule has 1 aliphatic carbocycles. The van der Waals surface area contributed by atoms with E-state index in [1.165, 1.54) is 10.5 Å². The topological polar surface area (TPSA) is 49.4 Å². The van der Waals surface area contributed by atoms with Gasteiger partial charge >= 0.3 is 0 Å². The van der Waals surface area contributed by atoms with Gasteiger partial charge in [0.2, 0.25) is 11.8 Å². The molecule has 0 bridgehead atoms. The highest BCUT2D eigenvalue weighted by atomic mass is 79.9. The number of carbonyl (C=O) groups is 2. The third kappa shape index (κ3) is 5.48. The van der Waals surface area contributed by atoms with Gasteiger partial charge in [0.15, 0.2) is 0 Å². The lowest BCUT2D eigenvalue weighted by molar-refractivity contribution is -0.129. The van der Waals surface area contributed by atoms with Crippen molar-refractivity contribution in [3.8, 4) is 0 Å². The Bertz CT molecular complexity index is 645. The molecule has 0 heterocycles. The van der Waals surface area contributed by atoms with Crippen molar-refractivity contribution in [2.75, 3.05) is 18.9 Å². The van der Waals surface area contributed by atoms with E-state index in [1.54, 1.807) is 13.1 Å².